The average Bonchev–Trinajstić information content (AvgIpc) is 2.15. The van der Waals surface area contributed by atoms with Crippen molar-refractivity contribution in [2.75, 3.05) is 6.61 Å². The quantitative estimate of drug-likeness (QED) is 0.584. The summed E-state index contributed by atoms with van der Waals surface area (Å²) in [6.07, 6.45) is 0.552. The molecule has 1 heterocycles. The van der Waals surface area contributed by atoms with E-state index in [1.54, 1.807) is 6.07 Å². The molecule has 0 aromatic heterocycles. The normalized spacial score (nSPS) is 19.2. The zero-order valence-electron chi connectivity index (χ0n) is 7.77. The number of nitrogens with zero attached hydrogens (tertiary/aromatic N) is 1. The Labute approximate surface area is 90.9 Å². The van der Waals surface area contributed by atoms with Gasteiger partial charge in [0.15, 0.2) is 0 Å². The highest BCUT2D eigenvalue weighted by Gasteiger charge is 2.26. The van der Waals surface area contributed by atoms with E-state index in [0.29, 0.717) is 29.4 Å². The monoisotopic (exact) mass is 228 g/mol. The van der Waals surface area contributed by atoms with Crippen LogP contribution in [0.3, 0.4) is 0 Å². The Morgan fingerprint density at radius 2 is 2.33 bits per heavy atom. The maximum atomic E-state index is 10.7. The molecule has 1 aliphatic rings. The summed E-state index contributed by atoms with van der Waals surface area (Å²) in [4.78, 5) is 10.2. The van der Waals surface area contributed by atoms with Crippen LogP contribution in [0.1, 0.15) is 5.56 Å². The van der Waals surface area contributed by atoms with Crippen molar-refractivity contribution in [1.29, 1.82) is 0 Å². The third kappa shape index (κ3) is 1.88. The molecule has 0 radical (unpaired) electrons. The lowest BCUT2D eigenvalue weighted by Crippen LogP contribution is -2.34. The van der Waals surface area contributed by atoms with Crippen LogP contribution in [0.2, 0.25) is 5.02 Å². The van der Waals surface area contributed by atoms with Gasteiger partial charge in [-0.3, -0.25) is 10.1 Å². The predicted octanol–water partition coefficient (Wildman–Crippen LogP) is 1.51. The average molecular weight is 229 g/mol. The van der Waals surface area contributed by atoms with Crippen molar-refractivity contribution < 1.29 is 9.66 Å². The second-order valence-corrected chi connectivity index (χ2v) is 3.88. The SMILES string of the molecule is N[C@@H]1COc2c(cc(Cl)cc2[N+](=O)[O-])C1. The number of hydrogen-bond acceptors (Lipinski definition) is 4. The van der Waals surface area contributed by atoms with Crippen LogP contribution >= 0.6 is 11.6 Å². The molecular formula is C9H9ClN2O3. The summed E-state index contributed by atoms with van der Waals surface area (Å²) >= 11 is 5.77. The van der Waals surface area contributed by atoms with Gasteiger partial charge in [-0.05, 0) is 12.5 Å². The number of hydrogen-bond donors (Lipinski definition) is 1. The standard InChI is InChI=1S/C9H9ClN2O3/c10-6-1-5-2-7(11)4-15-9(5)8(3-6)12(13)14/h1,3,7H,2,4,11H2/t7-/m0/s1. The summed E-state index contributed by atoms with van der Waals surface area (Å²) in [5.74, 6) is 0.297. The Bertz CT molecular complexity index is 422. The summed E-state index contributed by atoms with van der Waals surface area (Å²) < 4.78 is 5.26. The molecule has 0 unspecified atom stereocenters. The zero-order valence-corrected chi connectivity index (χ0v) is 8.53. The van der Waals surface area contributed by atoms with E-state index >= 15 is 0 Å². The fraction of sp³-hybridized carbons (Fsp3) is 0.333. The van der Waals surface area contributed by atoms with Crippen molar-refractivity contribution in [1.82, 2.24) is 0 Å². The first-order valence-electron chi connectivity index (χ1n) is 4.43. The van der Waals surface area contributed by atoms with Crippen molar-refractivity contribution >= 4 is 17.3 Å². The number of nitro groups is 1. The second kappa shape index (κ2) is 3.67. The van der Waals surface area contributed by atoms with Gasteiger partial charge in [0.1, 0.15) is 6.61 Å². The maximum Gasteiger partial charge on any atom is 0.312 e. The van der Waals surface area contributed by atoms with Crippen LogP contribution in [-0.2, 0) is 6.42 Å². The van der Waals surface area contributed by atoms with E-state index in [1.165, 1.54) is 6.07 Å². The van der Waals surface area contributed by atoms with Gasteiger partial charge in [-0.25, -0.2) is 0 Å². The van der Waals surface area contributed by atoms with Crippen molar-refractivity contribution in [2.24, 2.45) is 5.73 Å². The number of benzene rings is 1. The van der Waals surface area contributed by atoms with Crippen molar-refractivity contribution in [3.63, 3.8) is 0 Å². The molecule has 0 saturated carbocycles. The number of nitro benzene ring substituents is 1. The minimum absolute atomic E-state index is 0.0931. The molecule has 0 bridgehead atoms. The summed E-state index contributed by atoms with van der Waals surface area (Å²) in [6.45, 7) is 0.301. The molecule has 2 N–H and O–H groups in total. The highest BCUT2D eigenvalue weighted by molar-refractivity contribution is 6.31. The van der Waals surface area contributed by atoms with Crippen LogP contribution in [0, 0.1) is 10.1 Å². The number of ether oxygens (including phenoxy) is 1. The fourth-order valence-corrected chi connectivity index (χ4v) is 1.86. The van der Waals surface area contributed by atoms with Crippen LogP contribution in [-0.4, -0.2) is 17.6 Å². The molecule has 80 valence electrons. The van der Waals surface area contributed by atoms with E-state index in [2.05, 4.69) is 0 Å². The number of halogens is 1. The minimum atomic E-state index is -0.498. The number of fused-ring (bicyclic) bond motifs is 1. The van der Waals surface area contributed by atoms with Gasteiger partial charge in [0.2, 0.25) is 5.75 Å². The highest BCUT2D eigenvalue weighted by Crippen LogP contribution is 2.36. The molecule has 1 aromatic carbocycles. The van der Waals surface area contributed by atoms with Crippen molar-refractivity contribution in [3.05, 3.63) is 32.8 Å². The van der Waals surface area contributed by atoms with E-state index in [0.717, 1.165) is 0 Å². The third-order valence-corrected chi connectivity index (χ3v) is 2.45. The van der Waals surface area contributed by atoms with E-state index in [-0.39, 0.29) is 11.7 Å². The van der Waals surface area contributed by atoms with Crippen molar-refractivity contribution in [2.45, 2.75) is 12.5 Å². The Kier molecular flexibility index (Phi) is 2.50. The molecule has 6 heteroatoms. The lowest BCUT2D eigenvalue weighted by molar-refractivity contribution is -0.386. The molecule has 0 saturated heterocycles. The van der Waals surface area contributed by atoms with E-state index < -0.39 is 4.92 Å². The van der Waals surface area contributed by atoms with Gasteiger partial charge >= 0.3 is 5.69 Å². The van der Waals surface area contributed by atoms with Gasteiger partial charge < -0.3 is 10.5 Å². The zero-order chi connectivity index (χ0) is 11.0. The first kappa shape index (κ1) is 10.2. The maximum absolute atomic E-state index is 10.7. The molecule has 2 rings (SSSR count). The number of nitrogens with two attached hydrogens (primary N) is 1. The second-order valence-electron chi connectivity index (χ2n) is 3.45. The first-order chi connectivity index (χ1) is 7.08. The van der Waals surface area contributed by atoms with Gasteiger partial charge in [0, 0.05) is 22.7 Å². The van der Waals surface area contributed by atoms with Crippen LogP contribution in [0.5, 0.6) is 5.75 Å². The summed E-state index contributed by atoms with van der Waals surface area (Å²) in [5.41, 5.74) is 6.30. The molecule has 0 spiro atoms. The van der Waals surface area contributed by atoms with Crippen LogP contribution in [0.15, 0.2) is 12.1 Å². The van der Waals surface area contributed by atoms with Crippen LogP contribution < -0.4 is 10.5 Å². The molecule has 1 aliphatic heterocycles. The molecule has 0 amide bonds. The fourth-order valence-electron chi connectivity index (χ4n) is 1.62. The Morgan fingerprint density at radius 3 is 3.00 bits per heavy atom. The lowest BCUT2D eigenvalue weighted by atomic mass is 10.0. The minimum Gasteiger partial charge on any atom is -0.485 e. The molecule has 1 atom stereocenters. The van der Waals surface area contributed by atoms with E-state index in [9.17, 15) is 10.1 Å². The smallest absolute Gasteiger partial charge is 0.312 e. The van der Waals surface area contributed by atoms with E-state index in [4.69, 9.17) is 22.1 Å². The molecular weight excluding hydrogens is 220 g/mol. The van der Waals surface area contributed by atoms with Crippen LogP contribution in [0.25, 0.3) is 0 Å². The van der Waals surface area contributed by atoms with Gasteiger partial charge in [0.05, 0.1) is 4.92 Å². The van der Waals surface area contributed by atoms with Crippen molar-refractivity contribution in [3.8, 4) is 5.75 Å². The highest BCUT2D eigenvalue weighted by atomic mass is 35.5. The topological polar surface area (TPSA) is 78.4 Å². The molecule has 0 aliphatic carbocycles. The van der Waals surface area contributed by atoms with E-state index in [1.807, 2.05) is 0 Å². The van der Waals surface area contributed by atoms with Gasteiger partial charge in [-0.15, -0.1) is 0 Å². The molecule has 15 heavy (non-hydrogen) atoms. The lowest BCUT2D eigenvalue weighted by Gasteiger charge is -2.22. The predicted molar refractivity (Wildman–Crippen MR) is 55.3 cm³/mol. The Morgan fingerprint density at radius 1 is 1.60 bits per heavy atom. The molecule has 5 nitrogen and oxygen atoms in total. The summed E-state index contributed by atoms with van der Waals surface area (Å²) in [7, 11) is 0. The van der Waals surface area contributed by atoms with Gasteiger partial charge in [0.25, 0.3) is 0 Å². The molecule has 0 fully saturated rings. The Hall–Kier alpha value is -1.33. The van der Waals surface area contributed by atoms with Gasteiger partial charge in [-0.2, -0.15) is 0 Å². The summed E-state index contributed by atoms with van der Waals surface area (Å²) in [6, 6.07) is 2.82. The largest absolute Gasteiger partial charge is 0.485 e. The summed E-state index contributed by atoms with van der Waals surface area (Å²) in [5, 5.41) is 11.1. The van der Waals surface area contributed by atoms with Gasteiger partial charge in [-0.1, -0.05) is 11.6 Å². The Balaban J connectivity index is 2.54. The third-order valence-electron chi connectivity index (χ3n) is 2.23. The van der Waals surface area contributed by atoms with Crippen LogP contribution in [0.4, 0.5) is 5.69 Å². The molecule has 1 aromatic rings. The number of rotatable bonds is 1. The first-order valence-corrected chi connectivity index (χ1v) is 4.81.